The van der Waals surface area contributed by atoms with Crippen LogP contribution in [0.3, 0.4) is 0 Å². The highest BCUT2D eigenvalue weighted by atomic mass is 16.4. The minimum Gasteiger partial charge on any atom is -0.481 e. The number of carboxylic acids is 1. The molecule has 0 saturated carbocycles. The highest BCUT2D eigenvalue weighted by Gasteiger charge is 2.13. The van der Waals surface area contributed by atoms with Crippen LogP contribution in [-0.2, 0) is 4.79 Å². The summed E-state index contributed by atoms with van der Waals surface area (Å²) in [4.78, 5) is 24.1. The fourth-order valence-corrected chi connectivity index (χ4v) is 1.47. The Kier molecular flexibility index (Phi) is 8.11. The number of aliphatic carboxylic acids is 1. The van der Waals surface area contributed by atoms with Crippen molar-refractivity contribution in [2.24, 2.45) is 5.73 Å². The number of urea groups is 1. The highest BCUT2D eigenvalue weighted by molar-refractivity contribution is 5.72. The van der Waals surface area contributed by atoms with Gasteiger partial charge in [-0.05, 0) is 33.7 Å². The zero-order valence-electron chi connectivity index (χ0n) is 11.6. The molecule has 1 rings (SSSR count). The molecule has 1 aliphatic rings. The first-order chi connectivity index (χ1) is 8.34. The smallest absolute Gasteiger partial charge is 0.314 e. The lowest BCUT2D eigenvalue weighted by molar-refractivity contribution is -0.137. The maximum absolute atomic E-state index is 10.3. The summed E-state index contributed by atoms with van der Waals surface area (Å²) in [5.41, 5.74) is 4.98. The Balaban J connectivity index is 0.000000327. The van der Waals surface area contributed by atoms with E-state index < -0.39 is 5.97 Å². The minimum atomic E-state index is -0.729. The number of carboxylic acid groups (broad SMARTS) is 1. The lowest BCUT2D eigenvalue weighted by Crippen LogP contribution is -2.32. The van der Waals surface area contributed by atoms with Crippen molar-refractivity contribution in [1.29, 1.82) is 0 Å². The number of hydrogen-bond acceptors (Lipinski definition) is 3. The van der Waals surface area contributed by atoms with Gasteiger partial charge in [0.15, 0.2) is 0 Å². The first-order valence-electron chi connectivity index (χ1n) is 6.31. The van der Waals surface area contributed by atoms with Crippen molar-refractivity contribution in [3.8, 4) is 0 Å². The molecule has 0 radical (unpaired) electrons. The van der Waals surface area contributed by atoms with Crippen LogP contribution in [0.4, 0.5) is 4.79 Å². The van der Waals surface area contributed by atoms with E-state index in [0.29, 0.717) is 12.6 Å². The molecule has 1 heterocycles. The molecule has 0 atom stereocenters. The second-order valence-electron chi connectivity index (χ2n) is 4.75. The Labute approximate surface area is 109 Å². The number of hydrogen-bond donors (Lipinski definition) is 2. The van der Waals surface area contributed by atoms with E-state index in [-0.39, 0.29) is 12.5 Å². The molecule has 0 spiro atoms. The number of nitrogens with zero attached hydrogens (tertiary/aromatic N) is 2. The molecule has 0 aromatic carbocycles. The van der Waals surface area contributed by atoms with Gasteiger partial charge in [-0.25, -0.2) is 4.79 Å². The van der Waals surface area contributed by atoms with E-state index in [1.807, 2.05) is 25.8 Å². The highest BCUT2D eigenvalue weighted by Crippen LogP contribution is 2.05. The SMILES string of the molecule is CC(C)N(C)CCC(=O)O.NC(=O)N1CCCC1. The number of carbonyl (C=O) groups is 2. The quantitative estimate of drug-likeness (QED) is 0.787. The Morgan fingerprint density at radius 2 is 1.83 bits per heavy atom. The topological polar surface area (TPSA) is 86.9 Å². The summed E-state index contributed by atoms with van der Waals surface area (Å²) in [6.45, 7) is 6.43. The average molecular weight is 259 g/mol. The molecule has 1 aliphatic heterocycles. The number of likely N-dealkylation sites (tertiary alicyclic amines) is 1. The Hall–Kier alpha value is -1.30. The van der Waals surface area contributed by atoms with Crippen LogP contribution in [0, 0.1) is 0 Å². The van der Waals surface area contributed by atoms with Crippen LogP contribution in [0.15, 0.2) is 0 Å². The lowest BCUT2D eigenvalue weighted by Gasteiger charge is -2.19. The summed E-state index contributed by atoms with van der Waals surface area (Å²) >= 11 is 0. The summed E-state index contributed by atoms with van der Waals surface area (Å²) in [7, 11) is 1.92. The van der Waals surface area contributed by atoms with E-state index >= 15 is 0 Å². The molecule has 6 heteroatoms. The van der Waals surface area contributed by atoms with E-state index in [4.69, 9.17) is 10.8 Å². The maximum Gasteiger partial charge on any atom is 0.314 e. The predicted octanol–water partition coefficient (Wildman–Crippen LogP) is 0.962. The molecule has 2 amide bonds. The molecule has 0 aliphatic carbocycles. The summed E-state index contributed by atoms with van der Waals surface area (Å²) in [5.74, 6) is -0.729. The first kappa shape index (κ1) is 16.7. The van der Waals surface area contributed by atoms with Gasteiger partial charge in [0.2, 0.25) is 0 Å². The van der Waals surface area contributed by atoms with Gasteiger partial charge in [-0.1, -0.05) is 0 Å². The van der Waals surface area contributed by atoms with Gasteiger partial charge in [0.25, 0.3) is 0 Å². The van der Waals surface area contributed by atoms with Crippen molar-refractivity contribution < 1.29 is 14.7 Å². The molecule has 1 fully saturated rings. The number of nitrogens with two attached hydrogens (primary N) is 1. The lowest BCUT2D eigenvalue weighted by atomic mass is 10.3. The Morgan fingerprint density at radius 1 is 1.33 bits per heavy atom. The van der Waals surface area contributed by atoms with Crippen molar-refractivity contribution >= 4 is 12.0 Å². The molecule has 0 unspecified atom stereocenters. The third-order valence-corrected chi connectivity index (χ3v) is 2.98. The zero-order valence-corrected chi connectivity index (χ0v) is 11.6. The summed E-state index contributed by atoms with van der Waals surface area (Å²) < 4.78 is 0. The Bertz CT molecular complexity index is 263. The van der Waals surface area contributed by atoms with Gasteiger partial charge < -0.3 is 20.6 Å². The van der Waals surface area contributed by atoms with Crippen LogP contribution in [0.5, 0.6) is 0 Å². The molecule has 3 N–H and O–H groups in total. The number of primary amides is 1. The van der Waals surface area contributed by atoms with Crippen molar-refractivity contribution in [2.75, 3.05) is 26.7 Å². The van der Waals surface area contributed by atoms with Crippen LogP contribution < -0.4 is 5.73 Å². The third-order valence-electron chi connectivity index (χ3n) is 2.98. The van der Waals surface area contributed by atoms with E-state index in [1.54, 1.807) is 4.90 Å². The standard InChI is InChI=1S/C7H15NO2.C5H10N2O/c1-6(2)8(3)5-4-7(9)10;6-5(8)7-3-1-2-4-7/h6H,4-5H2,1-3H3,(H,9,10);1-4H2,(H2,6,8). The van der Waals surface area contributed by atoms with Gasteiger partial charge in [-0.3, -0.25) is 4.79 Å². The number of carbonyl (C=O) groups excluding carboxylic acids is 1. The first-order valence-corrected chi connectivity index (χ1v) is 6.31. The van der Waals surface area contributed by atoms with Gasteiger partial charge in [0, 0.05) is 25.7 Å². The summed E-state index contributed by atoms with van der Waals surface area (Å²) in [6.07, 6.45) is 2.46. The van der Waals surface area contributed by atoms with Crippen molar-refractivity contribution in [3.05, 3.63) is 0 Å². The van der Waals surface area contributed by atoms with Gasteiger partial charge in [0.05, 0.1) is 6.42 Å². The van der Waals surface area contributed by atoms with Gasteiger partial charge in [0.1, 0.15) is 0 Å². The Morgan fingerprint density at radius 3 is 2.11 bits per heavy atom. The van der Waals surface area contributed by atoms with Gasteiger partial charge in [-0.2, -0.15) is 0 Å². The minimum absolute atomic E-state index is 0.231. The molecule has 1 saturated heterocycles. The van der Waals surface area contributed by atoms with Crippen LogP contribution in [0.2, 0.25) is 0 Å². The van der Waals surface area contributed by atoms with E-state index in [0.717, 1.165) is 25.9 Å². The molecular weight excluding hydrogens is 234 g/mol. The second kappa shape index (κ2) is 8.74. The number of rotatable bonds is 4. The van der Waals surface area contributed by atoms with Crippen LogP contribution in [0.25, 0.3) is 0 Å². The molecule has 0 bridgehead atoms. The van der Waals surface area contributed by atoms with Crippen molar-refractivity contribution in [3.63, 3.8) is 0 Å². The normalized spacial score (nSPS) is 14.6. The molecule has 6 nitrogen and oxygen atoms in total. The van der Waals surface area contributed by atoms with Crippen LogP contribution >= 0.6 is 0 Å². The van der Waals surface area contributed by atoms with E-state index in [1.165, 1.54) is 0 Å². The second-order valence-corrected chi connectivity index (χ2v) is 4.75. The fraction of sp³-hybridized carbons (Fsp3) is 0.833. The molecule has 0 aromatic rings. The van der Waals surface area contributed by atoms with Gasteiger partial charge in [-0.15, -0.1) is 0 Å². The molecule has 18 heavy (non-hydrogen) atoms. The van der Waals surface area contributed by atoms with Crippen LogP contribution in [0.1, 0.15) is 33.1 Å². The number of amides is 2. The summed E-state index contributed by atoms with van der Waals surface area (Å²) in [5, 5.41) is 8.32. The predicted molar refractivity (Wildman–Crippen MR) is 70.4 cm³/mol. The van der Waals surface area contributed by atoms with Crippen LogP contribution in [-0.4, -0.2) is 59.6 Å². The van der Waals surface area contributed by atoms with Gasteiger partial charge >= 0.3 is 12.0 Å². The third kappa shape index (κ3) is 7.89. The zero-order chi connectivity index (χ0) is 14.1. The molecular formula is C12H25N3O3. The van der Waals surface area contributed by atoms with E-state index in [9.17, 15) is 9.59 Å². The molecule has 0 aromatic heterocycles. The van der Waals surface area contributed by atoms with Crippen molar-refractivity contribution in [1.82, 2.24) is 9.80 Å². The van der Waals surface area contributed by atoms with E-state index in [2.05, 4.69) is 0 Å². The monoisotopic (exact) mass is 259 g/mol. The average Bonchev–Trinajstić information content (AvgIpc) is 2.79. The molecule has 106 valence electrons. The van der Waals surface area contributed by atoms with Crippen molar-refractivity contribution in [2.45, 2.75) is 39.2 Å². The largest absolute Gasteiger partial charge is 0.481 e. The summed E-state index contributed by atoms with van der Waals surface area (Å²) in [6, 6.07) is 0.154. The fourth-order valence-electron chi connectivity index (χ4n) is 1.47. The maximum atomic E-state index is 10.3.